The summed E-state index contributed by atoms with van der Waals surface area (Å²) < 4.78 is 0. The average molecular weight is 322 g/mol. The number of Topliss-reactive ketones (excluding diaryl/α,β-unsaturated/α-hetero) is 1. The second-order valence-corrected chi connectivity index (χ2v) is 5.24. The van der Waals surface area contributed by atoms with Gasteiger partial charge < -0.3 is 15.4 Å². The number of aromatic nitrogens is 2. The van der Waals surface area contributed by atoms with Gasteiger partial charge in [0.2, 0.25) is 0 Å². The van der Waals surface area contributed by atoms with Crippen molar-refractivity contribution in [2.75, 3.05) is 6.54 Å². The highest BCUT2D eigenvalue weighted by Crippen LogP contribution is 2.11. The van der Waals surface area contributed by atoms with Crippen LogP contribution in [0.15, 0.2) is 36.8 Å². The lowest BCUT2D eigenvalue weighted by Gasteiger charge is -2.13. The molecular formula is C15H16ClN3O3. The number of nitrogens with zero attached hydrogens (tertiary/aromatic N) is 1. The highest BCUT2D eigenvalue weighted by Gasteiger charge is 2.18. The van der Waals surface area contributed by atoms with Crippen molar-refractivity contribution in [2.24, 2.45) is 0 Å². The zero-order chi connectivity index (χ0) is 15.9. The number of H-pyrrole nitrogens is 1. The number of benzene rings is 1. The molecule has 3 N–H and O–H groups in total. The quantitative estimate of drug-likeness (QED) is 0.646. The molecule has 2 aromatic rings. The largest absolute Gasteiger partial charge is 0.480 e. The summed E-state index contributed by atoms with van der Waals surface area (Å²) >= 11 is 5.77. The van der Waals surface area contributed by atoms with E-state index in [1.54, 1.807) is 30.5 Å². The fraction of sp³-hybridized carbons (Fsp3) is 0.267. The van der Waals surface area contributed by atoms with Gasteiger partial charge in [0.25, 0.3) is 0 Å². The number of imidazole rings is 1. The van der Waals surface area contributed by atoms with E-state index in [-0.39, 0.29) is 25.2 Å². The molecule has 0 bridgehead atoms. The Morgan fingerprint density at radius 3 is 2.64 bits per heavy atom. The Kier molecular flexibility index (Phi) is 5.68. The Morgan fingerprint density at radius 2 is 2.05 bits per heavy atom. The second-order valence-electron chi connectivity index (χ2n) is 4.81. The zero-order valence-electron chi connectivity index (χ0n) is 11.8. The summed E-state index contributed by atoms with van der Waals surface area (Å²) in [6.07, 6.45) is 3.58. The molecule has 1 aromatic carbocycles. The number of hydrogen-bond acceptors (Lipinski definition) is 4. The van der Waals surface area contributed by atoms with Crippen molar-refractivity contribution in [1.29, 1.82) is 0 Å². The van der Waals surface area contributed by atoms with E-state index in [9.17, 15) is 14.7 Å². The third kappa shape index (κ3) is 4.68. The summed E-state index contributed by atoms with van der Waals surface area (Å²) in [7, 11) is 0. The Bertz CT molecular complexity index is 626. The van der Waals surface area contributed by atoms with Gasteiger partial charge in [-0.25, -0.2) is 4.98 Å². The van der Waals surface area contributed by atoms with Crippen LogP contribution in [0.5, 0.6) is 0 Å². The van der Waals surface area contributed by atoms with Gasteiger partial charge in [0.1, 0.15) is 6.04 Å². The summed E-state index contributed by atoms with van der Waals surface area (Å²) in [4.78, 5) is 29.9. The first-order valence-electron chi connectivity index (χ1n) is 6.78. The fourth-order valence-electron chi connectivity index (χ4n) is 2.00. The van der Waals surface area contributed by atoms with Gasteiger partial charge in [-0.3, -0.25) is 9.59 Å². The smallest absolute Gasteiger partial charge is 0.321 e. The third-order valence-corrected chi connectivity index (χ3v) is 3.44. The molecule has 1 unspecified atom stereocenters. The molecule has 22 heavy (non-hydrogen) atoms. The molecule has 0 radical (unpaired) electrons. The van der Waals surface area contributed by atoms with E-state index in [2.05, 4.69) is 15.3 Å². The SMILES string of the molecule is O=C(CCNC(Cc1cnc[nH]1)C(=O)O)c1ccc(Cl)cc1. The van der Waals surface area contributed by atoms with Crippen molar-refractivity contribution in [1.82, 2.24) is 15.3 Å². The summed E-state index contributed by atoms with van der Waals surface area (Å²) in [5.41, 5.74) is 1.29. The minimum Gasteiger partial charge on any atom is -0.480 e. The molecule has 116 valence electrons. The molecule has 1 atom stereocenters. The first kappa shape index (κ1) is 16.2. The van der Waals surface area contributed by atoms with Crippen LogP contribution in [0.25, 0.3) is 0 Å². The molecule has 1 aromatic heterocycles. The Hall–Kier alpha value is -2.18. The monoisotopic (exact) mass is 321 g/mol. The van der Waals surface area contributed by atoms with Crippen LogP contribution in [0.4, 0.5) is 0 Å². The Balaban J connectivity index is 1.83. The van der Waals surface area contributed by atoms with E-state index in [1.807, 2.05) is 0 Å². The van der Waals surface area contributed by atoms with Crippen LogP contribution in [-0.4, -0.2) is 39.4 Å². The predicted octanol–water partition coefficient (Wildman–Crippen LogP) is 1.92. The number of rotatable bonds is 8. The van der Waals surface area contributed by atoms with Gasteiger partial charge in [-0.05, 0) is 24.3 Å². The van der Waals surface area contributed by atoms with Gasteiger partial charge in [-0.2, -0.15) is 0 Å². The molecule has 0 saturated carbocycles. The van der Waals surface area contributed by atoms with Crippen LogP contribution in [-0.2, 0) is 11.2 Å². The van der Waals surface area contributed by atoms with Crippen LogP contribution >= 0.6 is 11.6 Å². The van der Waals surface area contributed by atoms with Crippen LogP contribution in [0, 0.1) is 0 Å². The highest BCUT2D eigenvalue weighted by atomic mass is 35.5. The molecule has 0 saturated heterocycles. The fourth-order valence-corrected chi connectivity index (χ4v) is 2.13. The van der Waals surface area contributed by atoms with Gasteiger partial charge in [0.05, 0.1) is 6.33 Å². The van der Waals surface area contributed by atoms with Gasteiger partial charge >= 0.3 is 5.97 Å². The summed E-state index contributed by atoms with van der Waals surface area (Å²) in [6.45, 7) is 0.284. The van der Waals surface area contributed by atoms with E-state index >= 15 is 0 Å². The third-order valence-electron chi connectivity index (χ3n) is 3.19. The van der Waals surface area contributed by atoms with E-state index in [0.717, 1.165) is 5.69 Å². The van der Waals surface area contributed by atoms with Crippen LogP contribution in [0.2, 0.25) is 5.02 Å². The number of nitrogens with one attached hydrogen (secondary N) is 2. The predicted molar refractivity (Wildman–Crippen MR) is 82.1 cm³/mol. The maximum atomic E-state index is 12.0. The lowest BCUT2D eigenvalue weighted by molar-refractivity contribution is -0.139. The zero-order valence-corrected chi connectivity index (χ0v) is 12.5. The van der Waals surface area contributed by atoms with E-state index in [0.29, 0.717) is 10.6 Å². The molecule has 0 aliphatic carbocycles. The molecular weight excluding hydrogens is 306 g/mol. The van der Waals surface area contributed by atoms with Crippen LogP contribution in [0.3, 0.4) is 0 Å². The first-order chi connectivity index (χ1) is 10.6. The maximum absolute atomic E-state index is 12.0. The van der Waals surface area contributed by atoms with Crippen molar-refractivity contribution < 1.29 is 14.7 Å². The van der Waals surface area contributed by atoms with E-state index < -0.39 is 12.0 Å². The molecule has 0 aliphatic heterocycles. The molecule has 0 spiro atoms. The minimum atomic E-state index is -0.964. The van der Waals surface area contributed by atoms with E-state index in [1.165, 1.54) is 6.33 Å². The molecule has 0 fully saturated rings. The lowest BCUT2D eigenvalue weighted by Crippen LogP contribution is -2.39. The summed E-state index contributed by atoms with van der Waals surface area (Å²) in [6, 6.07) is 5.85. The second kappa shape index (κ2) is 7.72. The van der Waals surface area contributed by atoms with Gasteiger partial charge in [-0.1, -0.05) is 11.6 Å². The number of hydrogen-bond donors (Lipinski definition) is 3. The highest BCUT2D eigenvalue weighted by molar-refractivity contribution is 6.30. The van der Waals surface area contributed by atoms with Gasteiger partial charge in [0, 0.05) is 41.9 Å². The number of carboxylic acid groups (broad SMARTS) is 1. The Labute approximate surface area is 132 Å². The summed E-state index contributed by atoms with van der Waals surface area (Å²) in [5, 5.41) is 12.6. The molecule has 1 heterocycles. The maximum Gasteiger partial charge on any atom is 0.321 e. The molecule has 7 heteroatoms. The lowest BCUT2D eigenvalue weighted by atomic mass is 10.1. The molecule has 0 amide bonds. The Morgan fingerprint density at radius 1 is 1.32 bits per heavy atom. The van der Waals surface area contributed by atoms with Crippen LogP contribution < -0.4 is 5.32 Å². The van der Waals surface area contributed by atoms with Crippen molar-refractivity contribution in [3.05, 3.63) is 53.1 Å². The van der Waals surface area contributed by atoms with Crippen molar-refractivity contribution in [2.45, 2.75) is 18.9 Å². The van der Waals surface area contributed by atoms with Gasteiger partial charge in [-0.15, -0.1) is 0 Å². The number of ketones is 1. The van der Waals surface area contributed by atoms with Crippen LogP contribution in [0.1, 0.15) is 22.5 Å². The number of carbonyl (C=O) groups is 2. The molecule has 2 rings (SSSR count). The van der Waals surface area contributed by atoms with Crippen molar-refractivity contribution in [3.8, 4) is 0 Å². The molecule has 0 aliphatic rings. The standard InChI is InChI=1S/C15H16ClN3O3/c16-11-3-1-10(2-4-11)14(20)5-6-18-13(15(21)22)7-12-8-17-9-19-12/h1-4,8-9,13,18H,5-7H2,(H,17,19)(H,21,22). The number of carbonyl (C=O) groups excluding carboxylic acids is 1. The van der Waals surface area contributed by atoms with E-state index in [4.69, 9.17) is 11.6 Å². The number of carboxylic acids is 1. The van der Waals surface area contributed by atoms with Gasteiger partial charge in [0.15, 0.2) is 5.78 Å². The summed E-state index contributed by atoms with van der Waals surface area (Å²) in [5.74, 6) is -1.02. The average Bonchev–Trinajstić information content (AvgIpc) is 2.99. The van der Waals surface area contributed by atoms with Crippen molar-refractivity contribution >= 4 is 23.4 Å². The topological polar surface area (TPSA) is 95.1 Å². The number of halogens is 1. The first-order valence-corrected chi connectivity index (χ1v) is 7.16. The number of aliphatic carboxylic acids is 1. The van der Waals surface area contributed by atoms with Crippen molar-refractivity contribution in [3.63, 3.8) is 0 Å². The normalized spacial score (nSPS) is 12.0. The number of aromatic amines is 1. The molecule has 6 nitrogen and oxygen atoms in total. The minimum absolute atomic E-state index is 0.0603.